The molecule has 0 saturated heterocycles. The van der Waals surface area contributed by atoms with Crippen molar-refractivity contribution < 1.29 is 4.74 Å². The molecule has 4 aromatic rings. The fraction of sp³-hybridized carbons (Fsp3) is 0.208. The molecule has 0 fully saturated rings. The molecular weight excluding hydrogens is 394 g/mol. The molecule has 0 atom stereocenters. The SMILES string of the molecule is COc1ccc(-c2csc3nc(-c4ccccc4)n(CCCC#N)c(=O)c23)cc1C. The van der Waals surface area contributed by atoms with Crippen molar-refractivity contribution in [1.82, 2.24) is 9.55 Å². The van der Waals surface area contributed by atoms with Gasteiger partial charge in [-0.05, 0) is 36.6 Å². The number of methoxy groups -OCH3 is 1. The summed E-state index contributed by atoms with van der Waals surface area (Å²) in [5.41, 5.74) is 3.68. The highest BCUT2D eigenvalue weighted by Gasteiger charge is 2.18. The summed E-state index contributed by atoms with van der Waals surface area (Å²) in [5.74, 6) is 1.46. The summed E-state index contributed by atoms with van der Waals surface area (Å²) in [6, 6.07) is 17.8. The normalized spacial score (nSPS) is 10.8. The van der Waals surface area contributed by atoms with Crippen LogP contribution in [0.1, 0.15) is 18.4 Å². The van der Waals surface area contributed by atoms with Crippen molar-refractivity contribution >= 4 is 21.6 Å². The number of aryl methyl sites for hydroxylation is 1. The molecule has 0 N–H and O–H groups in total. The van der Waals surface area contributed by atoms with Gasteiger partial charge in [0.2, 0.25) is 0 Å². The van der Waals surface area contributed by atoms with Crippen LogP contribution in [0, 0.1) is 18.3 Å². The van der Waals surface area contributed by atoms with Crippen LogP contribution in [0.25, 0.3) is 32.7 Å². The van der Waals surface area contributed by atoms with Gasteiger partial charge in [-0.2, -0.15) is 5.26 Å². The number of unbranched alkanes of at least 4 members (excludes halogenated alkanes) is 1. The quantitative estimate of drug-likeness (QED) is 0.395. The zero-order valence-electron chi connectivity index (χ0n) is 16.9. The minimum Gasteiger partial charge on any atom is -0.496 e. The van der Waals surface area contributed by atoms with E-state index in [1.165, 1.54) is 11.3 Å². The van der Waals surface area contributed by atoms with Crippen molar-refractivity contribution in [3.63, 3.8) is 0 Å². The number of benzene rings is 2. The van der Waals surface area contributed by atoms with E-state index in [9.17, 15) is 4.79 Å². The summed E-state index contributed by atoms with van der Waals surface area (Å²) in [7, 11) is 1.65. The van der Waals surface area contributed by atoms with Crippen LogP contribution in [-0.4, -0.2) is 16.7 Å². The van der Waals surface area contributed by atoms with E-state index in [-0.39, 0.29) is 5.56 Å². The smallest absolute Gasteiger partial charge is 0.263 e. The van der Waals surface area contributed by atoms with E-state index < -0.39 is 0 Å². The molecule has 0 aliphatic heterocycles. The van der Waals surface area contributed by atoms with E-state index in [4.69, 9.17) is 15.0 Å². The van der Waals surface area contributed by atoms with Gasteiger partial charge in [0.15, 0.2) is 0 Å². The van der Waals surface area contributed by atoms with Crippen molar-refractivity contribution in [1.29, 1.82) is 5.26 Å². The van der Waals surface area contributed by atoms with Gasteiger partial charge in [0.05, 0.1) is 18.6 Å². The van der Waals surface area contributed by atoms with Crippen molar-refractivity contribution in [2.75, 3.05) is 7.11 Å². The number of hydrogen-bond acceptors (Lipinski definition) is 5. The summed E-state index contributed by atoms with van der Waals surface area (Å²) >= 11 is 1.48. The predicted octanol–water partition coefficient (Wildman–Crippen LogP) is 5.41. The molecule has 30 heavy (non-hydrogen) atoms. The fourth-order valence-corrected chi connectivity index (χ4v) is 4.55. The summed E-state index contributed by atoms with van der Waals surface area (Å²) in [5, 5.41) is 11.6. The molecule has 2 heterocycles. The molecule has 0 amide bonds. The van der Waals surface area contributed by atoms with Crippen LogP contribution in [0.5, 0.6) is 5.75 Å². The lowest BCUT2D eigenvalue weighted by molar-refractivity contribution is 0.412. The molecule has 6 heteroatoms. The number of aromatic nitrogens is 2. The first-order valence-corrected chi connectivity index (χ1v) is 10.6. The molecule has 5 nitrogen and oxygen atoms in total. The maximum absolute atomic E-state index is 13.6. The van der Waals surface area contributed by atoms with E-state index >= 15 is 0 Å². The minimum atomic E-state index is -0.0680. The highest BCUT2D eigenvalue weighted by Crippen LogP contribution is 2.34. The van der Waals surface area contributed by atoms with Crippen LogP contribution in [0.4, 0.5) is 0 Å². The lowest BCUT2D eigenvalue weighted by atomic mass is 10.0. The first-order valence-electron chi connectivity index (χ1n) is 9.73. The molecule has 0 aliphatic carbocycles. The van der Waals surface area contributed by atoms with Gasteiger partial charge in [-0.1, -0.05) is 36.4 Å². The lowest BCUT2D eigenvalue weighted by Crippen LogP contribution is -2.23. The summed E-state index contributed by atoms with van der Waals surface area (Å²) in [4.78, 5) is 19.2. The third-order valence-electron chi connectivity index (χ3n) is 5.10. The average Bonchev–Trinajstić information content (AvgIpc) is 3.20. The molecule has 0 radical (unpaired) electrons. The van der Waals surface area contributed by atoms with Crippen molar-refractivity contribution in [3.05, 3.63) is 69.8 Å². The number of thiophene rings is 1. The number of nitrogens with zero attached hydrogens (tertiary/aromatic N) is 3. The van der Waals surface area contributed by atoms with E-state index in [2.05, 4.69) is 6.07 Å². The second kappa shape index (κ2) is 8.52. The maximum Gasteiger partial charge on any atom is 0.263 e. The van der Waals surface area contributed by atoms with Gasteiger partial charge in [-0.25, -0.2) is 4.98 Å². The Kier molecular flexibility index (Phi) is 5.64. The largest absolute Gasteiger partial charge is 0.496 e. The standard InChI is InChI=1S/C24H21N3O2S/c1-16-14-18(10-11-20(16)29-2)19-15-30-23-21(19)24(28)27(13-7-6-12-25)22(26-23)17-8-4-3-5-9-17/h3-5,8-11,14-15H,6-7,13H2,1-2H3. The third kappa shape index (κ3) is 3.60. The van der Waals surface area contributed by atoms with Crippen molar-refractivity contribution in [2.45, 2.75) is 26.3 Å². The fourth-order valence-electron chi connectivity index (χ4n) is 3.61. The van der Waals surface area contributed by atoms with E-state index in [0.29, 0.717) is 30.6 Å². The molecule has 150 valence electrons. The Bertz CT molecular complexity index is 1300. The Labute approximate surface area is 178 Å². The summed E-state index contributed by atoms with van der Waals surface area (Å²) < 4.78 is 7.08. The minimum absolute atomic E-state index is 0.0680. The molecule has 0 aliphatic rings. The van der Waals surface area contributed by atoms with Gasteiger partial charge in [-0.15, -0.1) is 11.3 Å². The summed E-state index contributed by atoms with van der Waals surface area (Å²) in [6.45, 7) is 2.44. The van der Waals surface area contributed by atoms with Gasteiger partial charge in [0.1, 0.15) is 16.4 Å². The maximum atomic E-state index is 13.6. The monoisotopic (exact) mass is 415 g/mol. The summed E-state index contributed by atoms with van der Waals surface area (Å²) in [6.07, 6.45) is 0.997. The second-order valence-corrected chi connectivity index (χ2v) is 7.89. The third-order valence-corrected chi connectivity index (χ3v) is 5.97. The Balaban J connectivity index is 1.92. The molecule has 0 saturated carbocycles. The highest BCUT2D eigenvalue weighted by atomic mass is 32.1. The zero-order chi connectivity index (χ0) is 21.1. The van der Waals surface area contributed by atoms with Gasteiger partial charge in [0.25, 0.3) is 5.56 Å². The van der Waals surface area contributed by atoms with Crippen LogP contribution in [0.15, 0.2) is 58.7 Å². The molecule has 2 aromatic heterocycles. The predicted molar refractivity (Wildman–Crippen MR) is 121 cm³/mol. The molecular formula is C24H21N3O2S. The van der Waals surface area contributed by atoms with Crippen LogP contribution in [-0.2, 0) is 6.54 Å². The first-order chi connectivity index (χ1) is 14.6. The average molecular weight is 416 g/mol. The first kappa shape index (κ1) is 19.9. The molecule has 0 unspecified atom stereocenters. The molecule has 0 spiro atoms. The van der Waals surface area contributed by atoms with Crippen LogP contribution in [0.2, 0.25) is 0 Å². The highest BCUT2D eigenvalue weighted by molar-refractivity contribution is 7.17. The van der Waals surface area contributed by atoms with E-state index in [1.54, 1.807) is 11.7 Å². The van der Waals surface area contributed by atoms with Crippen LogP contribution >= 0.6 is 11.3 Å². The van der Waals surface area contributed by atoms with Crippen molar-refractivity contribution in [3.8, 4) is 34.3 Å². The molecule has 2 aromatic carbocycles. The molecule has 0 bridgehead atoms. The zero-order valence-corrected chi connectivity index (χ0v) is 17.7. The Morgan fingerprint density at radius 2 is 1.97 bits per heavy atom. The van der Waals surface area contributed by atoms with Gasteiger partial charge >= 0.3 is 0 Å². The Hall–Kier alpha value is -3.43. The van der Waals surface area contributed by atoms with E-state index in [0.717, 1.165) is 32.8 Å². The van der Waals surface area contributed by atoms with Crippen molar-refractivity contribution in [2.24, 2.45) is 0 Å². The number of rotatable bonds is 6. The lowest BCUT2D eigenvalue weighted by Gasteiger charge is -2.13. The van der Waals surface area contributed by atoms with Crippen LogP contribution < -0.4 is 10.3 Å². The number of hydrogen-bond donors (Lipinski definition) is 0. The topological polar surface area (TPSA) is 67.9 Å². The Morgan fingerprint density at radius 3 is 2.67 bits per heavy atom. The molecule has 4 rings (SSSR count). The second-order valence-electron chi connectivity index (χ2n) is 7.03. The van der Waals surface area contributed by atoms with Gasteiger partial charge in [0, 0.05) is 29.5 Å². The Morgan fingerprint density at radius 1 is 1.17 bits per heavy atom. The van der Waals surface area contributed by atoms with Gasteiger partial charge < -0.3 is 4.74 Å². The van der Waals surface area contributed by atoms with Crippen LogP contribution in [0.3, 0.4) is 0 Å². The van der Waals surface area contributed by atoms with E-state index in [1.807, 2.05) is 60.8 Å². The number of ether oxygens (including phenoxy) is 1. The van der Waals surface area contributed by atoms with Gasteiger partial charge in [-0.3, -0.25) is 9.36 Å². The number of nitriles is 1. The number of fused-ring (bicyclic) bond motifs is 1.